The van der Waals surface area contributed by atoms with Crippen molar-refractivity contribution in [3.8, 4) is 0 Å². The Morgan fingerprint density at radius 2 is 2.04 bits per heavy atom. The first-order valence-corrected chi connectivity index (χ1v) is 8.58. The zero-order chi connectivity index (χ0) is 16.9. The van der Waals surface area contributed by atoms with Gasteiger partial charge in [-0.15, -0.1) is 0 Å². The molecule has 2 atom stereocenters. The van der Waals surface area contributed by atoms with E-state index in [4.69, 9.17) is 11.6 Å². The molecule has 1 fully saturated rings. The van der Waals surface area contributed by atoms with Crippen molar-refractivity contribution in [2.75, 3.05) is 13.1 Å². The highest BCUT2D eigenvalue weighted by molar-refractivity contribution is 6.30. The number of halogens is 1. The minimum atomic E-state index is -0.114. The molecule has 126 valence electrons. The van der Waals surface area contributed by atoms with Crippen LogP contribution in [0.4, 0.5) is 0 Å². The van der Waals surface area contributed by atoms with E-state index in [-0.39, 0.29) is 17.9 Å². The van der Waals surface area contributed by atoms with Crippen LogP contribution in [0.2, 0.25) is 5.02 Å². The van der Waals surface area contributed by atoms with Gasteiger partial charge in [0.2, 0.25) is 5.91 Å². The predicted molar refractivity (Wildman–Crippen MR) is 96.7 cm³/mol. The molecule has 24 heavy (non-hydrogen) atoms. The lowest BCUT2D eigenvalue weighted by molar-refractivity contribution is -0.124. The second-order valence-electron chi connectivity index (χ2n) is 6.19. The first kappa shape index (κ1) is 17.0. The van der Waals surface area contributed by atoms with Crippen LogP contribution in [0, 0.1) is 12.8 Å². The molecule has 0 bridgehead atoms. The number of benzene rings is 2. The van der Waals surface area contributed by atoms with E-state index in [1.165, 1.54) is 5.56 Å². The third-order valence-corrected chi connectivity index (χ3v) is 4.60. The van der Waals surface area contributed by atoms with E-state index in [9.17, 15) is 4.79 Å². The Hall–Kier alpha value is -1.88. The van der Waals surface area contributed by atoms with Gasteiger partial charge in [-0.2, -0.15) is 0 Å². The summed E-state index contributed by atoms with van der Waals surface area (Å²) in [5.74, 6) is -0.0370. The number of carbonyl (C=O) groups is 1. The number of rotatable bonds is 5. The fraction of sp³-hybridized carbons (Fsp3) is 0.316. The third-order valence-electron chi connectivity index (χ3n) is 4.35. The molecule has 0 saturated carbocycles. The maximum absolute atomic E-state index is 12.5. The Kier molecular flexibility index (Phi) is 5.51. The monoisotopic (exact) mass is 343 g/mol. The van der Waals surface area contributed by atoms with Crippen LogP contribution in [0.1, 0.15) is 22.7 Å². The van der Waals surface area contributed by atoms with E-state index in [0.717, 1.165) is 22.6 Å². The highest BCUT2D eigenvalue weighted by Crippen LogP contribution is 2.25. The molecule has 3 rings (SSSR count). The van der Waals surface area contributed by atoms with Crippen LogP contribution in [0.15, 0.2) is 48.5 Å². The first-order valence-electron chi connectivity index (χ1n) is 8.20. The van der Waals surface area contributed by atoms with Crippen molar-refractivity contribution in [2.45, 2.75) is 19.4 Å². The smallest absolute Gasteiger partial charge is 0.226 e. The topological polar surface area (TPSA) is 53.2 Å². The van der Waals surface area contributed by atoms with E-state index >= 15 is 0 Å². The van der Waals surface area contributed by atoms with Crippen LogP contribution in [0.25, 0.3) is 0 Å². The molecule has 1 amide bonds. The van der Waals surface area contributed by atoms with Gasteiger partial charge in [0.1, 0.15) is 0 Å². The van der Waals surface area contributed by atoms with Gasteiger partial charge in [0.05, 0.1) is 12.0 Å². The molecule has 1 aliphatic heterocycles. The normalized spacial score (nSPS) is 20.1. The van der Waals surface area contributed by atoms with Crippen molar-refractivity contribution in [1.82, 2.24) is 16.2 Å². The van der Waals surface area contributed by atoms with Gasteiger partial charge in [-0.25, -0.2) is 5.43 Å². The van der Waals surface area contributed by atoms with Gasteiger partial charge in [0.15, 0.2) is 0 Å². The molecule has 0 aromatic heterocycles. The van der Waals surface area contributed by atoms with Crippen molar-refractivity contribution in [1.29, 1.82) is 0 Å². The SMILES string of the molecule is Cc1cccc(C2NNCC2C(=O)NCCc2ccc(Cl)cc2)c1. The lowest BCUT2D eigenvalue weighted by Gasteiger charge is -2.19. The van der Waals surface area contributed by atoms with Gasteiger partial charge in [0, 0.05) is 18.1 Å². The van der Waals surface area contributed by atoms with Gasteiger partial charge in [0.25, 0.3) is 0 Å². The Balaban J connectivity index is 1.56. The second kappa shape index (κ2) is 7.79. The van der Waals surface area contributed by atoms with Crippen LogP contribution in [-0.2, 0) is 11.2 Å². The zero-order valence-electron chi connectivity index (χ0n) is 13.7. The summed E-state index contributed by atoms with van der Waals surface area (Å²) in [7, 11) is 0. The van der Waals surface area contributed by atoms with Gasteiger partial charge < -0.3 is 5.32 Å². The number of amides is 1. The van der Waals surface area contributed by atoms with E-state index in [1.807, 2.05) is 30.3 Å². The first-order chi connectivity index (χ1) is 11.6. The molecule has 2 aromatic rings. The minimum absolute atomic E-state index is 0.000400. The summed E-state index contributed by atoms with van der Waals surface area (Å²) < 4.78 is 0. The average Bonchev–Trinajstić information content (AvgIpc) is 3.06. The summed E-state index contributed by atoms with van der Waals surface area (Å²) in [5, 5.41) is 3.78. The van der Waals surface area contributed by atoms with E-state index < -0.39 is 0 Å². The maximum Gasteiger partial charge on any atom is 0.226 e. The van der Waals surface area contributed by atoms with Crippen molar-refractivity contribution in [3.05, 3.63) is 70.2 Å². The lowest BCUT2D eigenvalue weighted by Crippen LogP contribution is -2.36. The third kappa shape index (κ3) is 4.15. The molecular weight excluding hydrogens is 322 g/mol. The number of nitrogens with one attached hydrogen (secondary N) is 3. The molecule has 1 heterocycles. The fourth-order valence-electron chi connectivity index (χ4n) is 3.03. The van der Waals surface area contributed by atoms with Crippen LogP contribution in [-0.4, -0.2) is 19.0 Å². The molecule has 0 radical (unpaired) electrons. The largest absolute Gasteiger partial charge is 0.355 e. The van der Waals surface area contributed by atoms with Crippen molar-refractivity contribution < 1.29 is 4.79 Å². The van der Waals surface area contributed by atoms with Gasteiger partial charge >= 0.3 is 0 Å². The zero-order valence-corrected chi connectivity index (χ0v) is 14.4. The van der Waals surface area contributed by atoms with Crippen molar-refractivity contribution in [2.24, 2.45) is 5.92 Å². The highest BCUT2D eigenvalue weighted by atomic mass is 35.5. The molecule has 4 nitrogen and oxygen atoms in total. The van der Waals surface area contributed by atoms with Crippen LogP contribution in [0.3, 0.4) is 0 Å². The number of hydrogen-bond acceptors (Lipinski definition) is 3. The molecule has 2 unspecified atom stereocenters. The summed E-state index contributed by atoms with van der Waals surface area (Å²) in [4.78, 5) is 12.5. The summed E-state index contributed by atoms with van der Waals surface area (Å²) in [6.07, 6.45) is 0.797. The predicted octanol–water partition coefficient (Wildman–Crippen LogP) is 2.77. The summed E-state index contributed by atoms with van der Waals surface area (Å²) in [6.45, 7) is 3.32. The van der Waals surface area contributed by atoms with Crippen LogP contribution in [0.5, 0.6) is 0 Å². The number of hydrogen-bond donors (Lipinski definition) is 3. The van der Waals surface area contributed by atoms with Crippen molar-refractivity contribution >= 4 is 17.5 Å². The van der Waals surface area contributed by atoms with Crippen LogP contribution < -0.4 is 16.2 Å². The van der Waals surface area contributed by atoms with Gasteiger partial charge in [-0.3, -0.25) is 10.2 Å². The highest BCUT2D eigenvalue weighted by Gasteiger charge is 2.33. The average molecular weight is 344 g/mol. The standard InChI is InChI=1S/C19H22ClN3O/c1-13-3-2-4-15(11-13)18-17(12-22-23-18)19(24)21-10-9-14-5-7-16(20)8-6-14/h2-8,11,17-18,22-23H,9-10,12H2,1H3,(H,21,24). The van der Waals surface area contributed by atoms with Gasteiger partial charge in [-0.05, 0) is 36.6 Å². The molecule has 1 saturated heterocycles. The maximum atomic E-state index is 12.5. The van der Waals surface area contributed by atoms with E-state index in [0.29, 0.717) is 13.1 Å². The molecule has 0 aliphatic carbocycles. The Bertz CT molecular complexity index is 702. The lowest BCUT2D eigenvalue weighted by atomic mass is 9.93. The Morgan fingerprint density at radius 3 is 2.79 bits per heavy atom. The molecule has 2 aromatic carbocycles. The minimum Gasteiger partial charge on any atom is -0.355 e. The molecule has 0 spiro atoms. The summed E-state index contributed by atoms with van der Waals surface area (Å²) in [5.41, 5.74) is 9.83. The second-order valence-corrected chi connectivity index (χ2v) is 6.63. The quantitative estimate of drug-likeness (QED) is 0.782. The summed E-state index contributed by atoms with van der Waals surface area (Å²) in [6, 6.07) is 16.0. The Morgan fingerprint density at radius 1 is 1.25 bits per heavy atom. The van der Waals surface area contributed by atoms with Crippen LogP contribution >= 0.6 is 11.6 Å². The number of carbonyl (C=O) groups excluding carboxylic acids is 1. The number of hydrazine groups is 1. The van der Waals surface area contributed by atoms with E-state index in [2.05, 4.69) is 41.3 Å². The molecule has 3 N–H and O–H groups in total. The van der Waals surface area contributed by atoms with E-state index in [1.54, 1.807) is 0 Å². The summed E-state index contributed by atoms with van der Waals surface area (Å²) >= 11 is 5.88. The fourth-order valence-corrected chi connectivity index (χ4v) is 3.16. The molecule has 1 aliphatic rings. The molecule has 5 heteroatoms. The van der Waals surface area contributed by atoms with Gasteiger partial charge in [-0.1, -0.05) is 53.6 Å². The Labute approximate surface area is 147 Å². The molecular formula is C19H22ClN3O. The van der Waals surface area contributed by atoms with Crippen molar-refractivity contribution in [3.63, 3.8) is 0 Å². The number of aryl methyl sites for hydroxylation is 1.